The van der Waals surface area contributed by atoms with Gasteiger partial charge in [-0.3, -0.25) is 4.79 Å². The van der Waals surface area contributed by atoms with E-state index >= 15 is 0 Å². The smallest absolute Gasteiger partial charge is 0.338 e. The standard InChI is InChI=1S/C22H23Cl2NO5S/c1-14-8-15(2)12-25(11-14)31(28,29)18-5-3-4-16(9-18)22(27)30-13-21(26)19-7-6-17(23)10-20(19)24/h3-7,9-10,14-15H,8,11-13H2,1-2H3. The second-order valence-electron chi connectivity index (χ2n) is 7.92. The van der Waals surface area contributed by atoms with Crippen molar-refractivity contribution in [2.75, 3.05) is 19.7 Å². The van der Waals surface area contributed by atoms with Gasteiger partial charge < -0.3 is 4.74 Å². The van der Waals surface area contributed by atoms with Gasteiger partial charge in [-0.05, 0) is 54.7 Å². The first-order valence-electron chi connectivity index (χ1n) is 9.83. The number of ether oxygens (including phenoxy) is 1. The van der Waals surface area contributed by atoms with Crippen LogP contribution in [0.1, 0.15) is 41.0 Å². The Hall–Kier alpha value is -1.93. The Morgan fingerprint density at radius 2 is 1.74 bits per heavy atom. The van der Waals surface area contributed by atoms with Crippen LogP contribution in [0.5, 0.6) is 0 Å². The number of ketones is 1. The lowest BCUT2D eigenvalue weighted by atomic mass is 9.94. The maximum Gasteiger partial charge on any atom is 0.338 e. The molecule has 2 atom stereocenters. The van der Waals surface area contributed by atoms with Gasteiger partial charge in [-0.2, -0.15) is 4.31 Å². The van der Waals surface area contributed by atoms with Gasteiger partial charge in [0, 0.05) is 23.7 Å². The molecular weight excluding hydrogens is 461 g/mol. The summed E-state index contributed by atoms with van der Waals surface area (Å²) in [6.45, 7) is 4.40. The second kappa shape index (κ2) is 9.69. The van der Waals surface area contributed by atoms with Crippen LogP contribution < -0.4 is 0 Å². The van der Waals surface area contributed by atoms with E-state index in [-0.39, 0.29) is 32.9 Å². The fourth-order valence-electron chi connectivity index (χ4n) is 3.74. The average Bonchev–Trinajstić information content (AvgIpc) is 2.71. The van der Waals surface area contributed by atoms with Crippen molar-refractivity contribution in [2.45, 2.75) is 25.2 Å². The lowest BCUT2D eigenvalue weighted by Crippen LogP contribution is -2.42. The van der Waals surface area contributed by atoms with E-state index in [1.807, 2.05) is 13.8 Å². The number of hydrogen-bond acceptors (Lipinski definition) is 5. The van der Waals surface area contributed by atoms with Crippen LogP contribution in [0.2, 0.25) is 10.0 Å². The number of esters is 1. The molecule has 0 bridgehead atoms. The summed E-state index contributed by atoms with van der Waals surface area (Å²) in [4.78, 5) is 24.8. The highest BCUT2D eigenvalue weighted by Gasteiger charge is 2.32. The molecule has 1 fully saturated rings. The van der Waals surface area contributed by atoms with E-state index in [1.165, 1.54) is 46.8 Å². The predicted octanol–water partition coefficient (Wildman–Crippen LogP) is 4.70. The van der Waals surface area contributed by atoms with Gasteiger partial charge in [0.25, 0.3) is 0 Å². The minimum atomic E-state index is -3.74. The highest BCUT2D eigenvalue weighted by molar-refractivity contribution is 7.89. The third-order valence-electron chi connectivity index (χ3n) is 5.11. The fourth-order valence-corrected chi connectivity index (χ4v) is 5.98. The zero-order valence-corrected chi connectivity index (χ0v) is 19.5. The Labute approximate surface area is 192 Å². The van der Waals surface area contributed by atoms with Crippen LogP contribution in [-0.4, -0.2) is 44.2 Å². The molecule has 9 heteroatoms. The van der Waals surface area contributed by atoms with E-state index in [0.29, 0.717) is 18.1 Å². The first-order chi connectivity index (χ1) is 14.6. The molecule has 1 aliphatic heterocycles. The number of carbonyl (C=O) groups is 2. The Balaban J connectivity index is 1.72. The molecule has 2 aromatic rings. The summed E-state index contributed by atoms with van der Waals surface area (Å²) < 4.78 is 32.7. The molecule has 2 aromatic carbocycles. The van der Waals surface area contributed by atoms with Gasteiger partial charge in [-0.15, -0.1) is 0 Å². The number of nitrogens with zero attached hydrogens (tertiary/aromatic N) is 1. The number of rotatable bonds is 6. The molecule has 31 heavy (non-hydrogen) atoms. The number of hydrogen-bond donors (Lipinski definition) is 0. The van der Waals surface area contributed by atoms with Gasteiger partial charge in [0.1, 0.15) is 0 Å². The highest BCUT2D eigenvalue weighted by atomic mass is 35.5. The second-order valence-corrected chi connectivity index (χ2v) is 10.7. The van der Waals surface area contributed by atoms with E-state index in [9.17, 15) is 18.0 Å². The molecule has 1 aliphatic rings. The van der Waals surface area contributed by atoms with Crippen LogP contribution in [0, 0.1) is 11.8 Å². The SMILES string of the molecule is CC1CC(C)CN(S(=O)(=O)c2cccc(C(=O)OCC(=O)c3ccc(Cl)cc3Cl)c2)C1. The third-order valence-corrected chi connectivity index (χ3v) is 7.48. The molecule has 0 saturated carbocycles. The summed E-state index contributed by atoms with van der Waals surface area (Å²) in [6.07, 6.45) is 0.976. The van der Waals surface area contributed by atoms with Crippen LogP contribution in [0.3, 0.4) is 0 Å². The summed E-state index contributed by atoms with van der Waals surface area (Å²) in [7, 11) is -3.74. The highest BCUT2D eigenvalue weighted by Crippen LogP contribution is 2.27. The van der Waals surface area contributed by atoms with Crippen molar-refractivity contribution < 1.29 is 22.7 Å². The Morgan fingerprint density at radius 1 is 1.06 bits per heavy atom. The van der Waals surface area contributed by atoms with E-state index in [4.69, 9.17) is 27.9 Å². The molecule has 0 spiro atoms. The molecule has 0 amide bonds. The van der Waals surface area contributed by atoms with Crippen LogP contribution in [0.4, 0.5) is 0 Å². The summed E-state index contributed by atoms with van der Waals surface area (Å²) in [6, 6.07) is 10.1. The van der Waals surface area contributed by atoms with Crippen LogP contribution in [-0.2, 0) is 14.8 Å². The Bertz CT molecular complexity index is 1090. The molecule has 2 unspecified atom stereocenters. The van der Waals surface area contributed by atoms with E-state index in [2.05, 4.69) is 0 Å². The van der Waals surface area contributed by atoms with Gasteiger partial charge in [0.2, 0.25) is 15.8 Å². The maximum atomic E-state index is 13.1. The summed E-state index contributed by atoms with van der Waals surface area (Å²) in [5.74, 6) is -0.763. The van der Waals surface area contributed by atoms with Crippen molar-refractivity contribution in [3.63, 3.8) is 0 Å². The minimum absolute atomic E-state index is 0.0234. The minimum Gasteiger partial charge on any atom is -0.454 e. The quantitative estimate of drug-likeness (QED) is 0.439. The predicted molar refractivity (Wildman–Crippen MR) is 119 cm³/mol. The first-order valence-corrected chi connectivity index (χ1v) is 12.0. The number of halogens is 2. The molecule has 0 aromatic heterocycles. The molecule has 1 saturated heterocycles. The van der Waals surface area contributed by atoms with E-state index in [0.717, 1.165) is 6.42 Å². The van der Waals surface area contributed by atoms with Crippen LogP contribution >= 0.6 is 23.2 Å². The fraction of sp³-hybridized carbons (Fsp3) is 0.364. The average molecular weight is 484 g/mol. The molecule has 166 valence electrons. The molecule has 3 rings (SSSR count). The largest absolute Gasteiger partial charge is 0.454 e. The molecular formula is C22H23Cl2NO5S. The van der Waals surface area contributed by atoms with Crippen molar-refractivity contribution in [2.24, 2.45) is 11.8 Å². The number of carbonyl (C=O) groups excluding carboxylic acids is 2. The maximum absolute atomic E-state index is 13.1. The number of piperidine rings is 1. The number of Topliss-reactive ketones (excluding diaryl/α,β-unsaturated/α-hetero) is 1. The summed E-state index contributed by atoms with van der Waals surface area (Å²) in [5.41, 5.74) is 0.234. The van der Waals surface area contributed by atoms with Gasteiger partial charge in [-0.1, -0.05) is 43.1 Å². The molecule has 0 radical (unpaired) electrons. The Morgan fingerprint density at radius 3 is 2.39 bits per heavy atom. The number of benzene rings is 2. The lowest BCUT2D eigenvalue weighted by molar-refractivity contribution is 0.0474. The summed E-state index contributed by atoms with van der Waals surface area (Å²) >= 11 is 11.8. The molecule has 1 heterocycles. The van der Waals surface area contributed by atoms with Gasteiger partial charge in [-0.25, -0.2) is 13.2 Å². The van der Waals surface area contributed by atoms with Crippen molar-refractivity contribution in [1.82, 2.24) is 4.31 Å². The van der Waals surface area contributed by atoms with E-state index < -0.39 is 28.4 Å². The zero-order chi connectivity index (χ0) is 22.8. The molecule has 0 N–H and O–H groups in total. The van der Waals surface area contributed by atoms with E-state index in [1.54, 1.807) is 0 Å². The lowest BCUT2D eigenvalue weighted by Gasteiger charge is -2.34. The van der Waals surface area contributed by atoms with Crippen molar-refractivity contribution in [3.05, 3.63) is 63.6 Å². The van der Waals surface area contributed by atoms with Gasteiger partial charge >= 0.3 is 5.97 Å². The number of sulfonamides is 1. The van der Waals surface area contributed by atoms with Crippen LogP contribution in [0.15, 0.2) is 47.4 Å². The summed E-state index contributed by atoms with van der Waals surface area (Å²) in [5, 5.41) is 0.542. The van der Waals surface area contributed by atoms with Crippen molar-refractivity contribution in [1.29, 1.82) is 0 Å². The first kappa shape index (κ1) is 23.7. The van der Waals surface area contributed by atoms with Crippen LogP contribution in [0.25, 0.3) is 0 Å². The molecule has 0 aliphatic carbocycles. The van der Waals surface area contributed by atoms with Gasteiger partial charge in [0.15, 0.2) is 6.61 Å². The topological polar surface area (TPSA) is 80.8 Å². The third kappa shape index (κ3) is 5.66. The molecule has 6 nitrogen and oxygen atoms in total. The Kier molecular flexibility index (Phi) is 7.42. The van der Waals surface area contributed by atoms with Gasteiger partial charge in [0.05, 0.1) is 15.5 Å². The zero-order valence-electron chi connectivity index (χ0n) is 17.2. The normalized spacial score (nSPS) is 19.7. The van der Waals surface area contributed by atoms with Crippen molar-refractivity contribution in [3.8, 4) is 0 Å². The van der Waals surface area contributed by atoms with Crippen molar-refractivity contribution >= 4 is 45.0 Å². The monoisotopic (exact) mass is 483 g/mol.